The van der Waals surface area contributed by atoms with E-state index >= 15 is 0 Å². The van der Waals surface area contributed by atoms with Crippen molar-refractivity contribution in [3.8, 4) is 17.0 Å². The van der Waals surface area contributed by atoms with Crippen molar-refractivity contribution in [2.24, 2.45) is 0 Å². The lowest BCUT2D eigenvalue weighted by Gasteiger charge is -2.11. The summed E-state index contributed by atoms with van der Waals surface area (Å²) in [6.07, 6.45) is 1.34. The zero-order valence-corrected chi connectivity index (χ0v) is 12.2. The Balaban J connectivity index is 2.61. The van der Waals surface area contributed by atoms with Gasteiger partial charge in [-0.15, -0.1) is 0 Å². The minimum atomic E-state index is -0.357. The molecule has 2 aromatic rings. The number of carbonyl (C=O) groups is 1. The lowest BCUT2D eigenvalue weighted by molar-refractivity contribution is 0.112. The molecule has 0 spiro atoms. The Morgan fingerprint density at radius 1 is 1.29 bits per heavy atom. The van der Waals surface area contributed by atoms with Crippen molar-refractivity contribution in [1.29, 1.82) is 0 Å². The molecule has 5 nitrogen and oxygen atoms in total. The summed E-state index contributed by atoms with van der Waals surface area (Å²) < 4.78 is 6.91. The van der Waals surface area contributed by atoms with Gasteiger partial charge in [-0.25, -0.2) is 4.68 Å². The van der Waals surface area contributed by atoms with Crippen molar-refractivity contribution in [1.82, 2.24) is 9.78 Å². The van der Waals surface area contributed by atoms with E-state index in [9.17, 15) is 9.59 Å². The van der Waals surface area contributed by atoms with Gasteiger partial charge in [-0.2, -0.15) is 5.10 Å². The minimum absolute atomic E-state index is 0.111. The van der Waals surface area contributed by atoms with Gasteiger partial charge >= 0.3 is 0 Å². The number of hydrogen-bond donors (Lipinski definition) is 0. The van der Waals surface area contributed by atoms with Crippen LogP contribution in [0, 0.1) is 0 Å². The number of carbonyl (C=O) groups excluding carboxylic acids is 1. The Kier molecular flexibility index (Phi) is 4.87. The maximum absolute atomic E-state index is 12.0. The van der Waals surface area contributed by atoms with Crippen LogP contribution in [0.25, 0.3) is 11.3 Å². The fourth-order valence-electron chi connectivity index (χ4n) is 2.10. The molecule has 0 saturated heterocycles. The smallest absolute Gasteiger partial charge is 0.277 e. The third-order valence-electron chi connectivity index (χ3n) is 3.03. The minimum Gasteiger partial charge on any atom is -0.493 e. The van der Waals surface area contributed by atoms with Crippen LogP contribution in [0.15, 0.2) is 35.1 Å². The zero-order valence-electron chi connectivity index (χ0n) is 12.2. The van der Waals surface area contributed by atoms with Gasteiger partial charge in [0.15, 0.2) is 6.29 Å². The molecule has 0 aliphatic rings. The highest BCUT2D eigenvalue weighted by Crippen LogP contribution is 2.28. The average molecular weight is 286 g/mol. The molecule has 0 N–H and O–H groups in total. The summed E-state index contributed by atoms with van der Waals surface area (Å²) in [5.41, 5.74) is 1.09. The van der Waals surface area contributed by atoms with Crippen LogP contribution in [0.4, 0.5) is 0 Å². The van der Waals surface area contributed by atoms with Crippen molar-refractivity contribution in [2.75, 3.05) is 6.61 Å². The average Bonchev–Trinajstić information content (AvgIpc) is 2.50. The van der Waals surface area contributed by atoms with E-state index < -0.39 is 0 Å². The Bertz CT molecular complexity index is 692. The summed E-state index contributed by atoms with van der Waals surface area (Å²) >= 11 is 0. The van der Waals surface area contributed by atoms with E-state index in [1.54, 1.807) is 0 Å². The van der Waals surface area contributed by atoms with Crippen molar-refractivity contribution < 1.29 is 9.53 Å². The Hall–Kier alpha value is -2.43. The van der Waals surface area contributed by atoms with E-state index in [2.05, 4.69) is 5.10 Å². The van der Waals surface area contributed by atoms with E-state index in [0.717, 1.165) is 12.0 Å². The van der Waals surface area contributed by atoms with Crippen LogP contribution in [0.3, 0.4) is 0 Å². The van der Waals surface area contributed by atoms with Gasteiger partial charge in [-0.3, -0.25) is 9.59 Å². The highest BCUT2D eigenvalue weighted by Gasteiger charge is 2.12. The van der Waals surface area contributed by atoms with Crippen molar-refractivity contribution >= 4 is 6.29 Å². The van der Waals surface area contributed by atoms with Crippen LogP contribution >= 0.6 is 0 Å². The van der Waals surface area contributed by atoms with Gasteiger partial charge in [0, 0.05) is 12.1 Å². The summed E-state index contributed by atoms with van der Waals surface area (Å²) in [4.78, 5) is 23.1. The Morgan fingerprint density at radius 2 is 2.05 bits per heavy atom. The van der Waals surface area contributed by atoms with Crippen LogP contribution in [-0.4, -0.2) is 22.7 Å². The molecule has 0 amide bonds. The number of para-hydroxylation sites is 1. The molecule has 5 heteroatoms. The van der Waals surface area contributed by atoms with Gasteiger partial charge in [0.25, 0.3) is 5.56 Å². The molecule has 110 valence electrons. The molecule has 1 aromatic heterocycles. The predicted octanol–water partition coefficient (Wildman–Crippen LogP) is 2.53. The second-order valence-corrected chi connectivity index (χ2v) is 4.56. The summed E-state index contributed by atoms with van der Waals surface area (Å²) in [5.74, 6) is 0.686. The van der Waals surface area contributed by atoms with Crippen LogP contribution in [0.2, 0.25) is 0 Å². The summed E-state index contributed by atoms with van der Waals surface area (Å²) in [5, 5.41) is 4.35. The number of ether oxygens (including phenoxy) is 1. The SMILES string of the molecule is CCCn1nc(-c2ccccc2OCC)cc(C=O)c1=O. The molecule has 0 atom stereocenters. The monoisotopic (exact) mass is 286 g/mol. The van der Waals surface area contributed by atoms with E-state index in [4.69, 9.17) is 4.74 Å². The Labute approximate surface area is 123 Å². The number of rotatable bonds is 6. The molecule has 0 saturated carbocycles. The van der Waals surface area contributed by atoms with Gasteiger partial charge in [0.2, 0.25) is 0 Å². The molecule has 0 aliphatic heterocycles. The zero-order chi connectivity index (χ0) is 15.2. The quantitative estimate of drug-likeness (QED) is 0.766. The normalized spacial score (nSPS) is 10.4. The number of aryl methyl sites for hydroxylation is 1. The third-order valence-corrected chi connectivity index (χ3v) is 3.03. The van der Waals surface area contributed by atoms with Gasteiger partial charge in [0.05, 0.1) is 17.9 Å². The van der Waals surface area contributed by atoms with Crippen LogP contribution in [0.5, 0.6) is 5.75 Å². The van der Waals surface area contributed by atoms with E-state index in [1.165, 1.54) is 10.7 Å². The lowest BCUT2D eigenvalue weighted by atomic mass is 10.1. The van der Waals surface area contributed by atoms with Gasteiger partial charge in [-0.05, 0) is 31.5 Å². The lowest BCUT2D eigenvalue weighted by Crippen LogP contribution is -2.26. The number of aldehydes is 1. The molecule has 0 radical (unpaired) electrons. The number of aromatic nitrogens is 2. The van der Waals surface area contributed by atoms with Crippen molar-refractivity contribution in [3.63, 3.8) is 0 Å². The molecule has 0 fully saturated rings. The number of hydrogen-bond acceptors (Lipinski definition) is 4. The molecule has 21 heavy (non-hydrogen) atoms. The topological polar surface area (TPSA) is 61.2 Å². The molecule has 0 bridgehead atoms. The largest absolute Gasteiger partial charge is 0.493 e. The molecule has 1 aromatic carbocycles. The van der Waals surface area contributed by atoms with Crippen molar-refractivity contribution in [3.05, 3.63) is 46.2 Å². The van der Waals surface area contributed by atoms with Gasteiger partial charge in [-0.1, -0.05) is 19.1 Å². The first-order chi connectivity index (χ1) is 10.2. The summed E-state index contributed by atoms with van der Waals surface area (Å²) in [6.45, 7) is 4.87. The van der Waals surface area contributed by atoms with Crippen LogP contribution in [0.1, 0.15) is 30.6 Å². The first-order valence-corrected chi connectivity index (χ1v) is 7.00. The first kappa shape index (κ1) is 15.0. The summed E-state index contributed by atoms with van der Waals surface area (Å²) in [6, 6.07) is 8.96. The molecule has 1 heterocycles. The van der Waals surface area contributed by atoms with E-state index in [1.807, 2.05) is 38.1 Å². The van der Waals surface area contributed by atoms with Gasteiger partial charge in [0.1, 0.15) is 5.75 Å². The summed E-state index contributed by atoms with van der Waals surface area (Å²) in [7, 11) is 0. The maximum Gasteiger partial charge on any atom is 0.277 e. The second kappa shape index (κ2) is 6.83. The maximum atomic E-state index is 12.0. The van der Waals surface area contributed by atoms with E-state index in [0.29, 0.717) is 30.9 Å². The predicted molar refractivity (Wildman–Crippen MR) is 80.8 cm³/mol. The molecule has 0 aliphatic carbocycles. The van der Waals surface area contributed by atoms with E-state index in [-0.39, 0.29) is 11.1 Å². The third kappa shape index (κ3) is 3.18. The van der Waals surface area contributed by atoms with Crippen molar-refractivity contribution in [2.45, 2.75) is 26.8 Å². The molecular weight excluding hydrogens is 268 g/mol. The van der Waals surface area contributed by atoms with Gasteiger partial charge < -0.3 is 4.74 Å². The van der Waals surface area contributed by atoms with Crippen LogP contribution < -0.4 is 10.3 Å². The number of benzene rings is 1. The standard InChI is InChI=1S/C16H18N2O3/c1-3-9-18-16(20)12(11-19)10-14(17-18)13-7-5-6-8-15(13)21-4-2/h5-8,10-11H,3-4,9H2,1-2H3. The Morgan fingerprint density at radius 3 is 2.71 bits per heavy atom. The fourth-order valence-corrected chi connectivity index (χ4v) is 2.10. The molecule has 0 unspecified atom stereocenters. The highest BCUT2D eigenvalue weighted by atomic mass is 16.5. The molecule has 2 rings (SSSR count). The number of nitrogens with zero attached hydrogens (tertiary/aromatic N) is 2. The molecular formula is C16H18N2O3. The second-order valence-electron chi connectivity index (χ2n) is 4.56. The van der Waals surface area contributed by atoms with Crippen LogP contribution in [-0.2, 0) is 6.54 Å². The fraction of sp³-hybridized carbons (Fsp3) is 0.312. The highest BCUT2D eigenvalue weighted by molar-refractivity contribution is 5.78. The first-order valence-electron chi connectivity index (χ1n) is 7.00.